The van der Waals surface area contributed by atoms with Gasteiger partial charge in [0.15, 0.2) is 6.29 Å². The van der Waals surface area contributed by atoms with Crippen LogP contribution in [0.25, 0.3) is 0 Å². The second-order valence-electron chi connectivity index (χ2n) is 3.40. The van der Waals surface area contributed by atoms with Crippen LogP contribution >= 0.6 is 0 Å². The van der Waals surface area contributed by atoms with E-state index in [4.69, 9.17) is 4.74 Å². The maximum Gasteiger partial charge on any atom is 0.249 e. The number of rotatable bonds is 4. The Bertz CT molecular complexity index is 356. The van der Waals surface area contributed by atoms with E-state index in [-0.39, 0.29) is 5.56 Å². The number of benzene rings is 1. The van der Waals surface area contributed by atoms with Gasteiger partial charge in [-0.2, -0.15) is 0 Å². The van der Waals surface area contributed by atoms with Crippen molar-refractivity contribution >= 4 is 6.29 Å². The van der Waals surface area contributed by atoms with Crippen molar-refractivity contribution in [1.29, 1.82) is 0 Å². The molecule has 0 radical (unpaired) electrons. The Hall–Kier alpha value is -1.45. The topological polar surface area (TPSA) is 26.3 Å². The fraction of sp³-hybridized carbons (Fsp3) is 0.364. The Kier molecular flexibility index (Phi) is 3.39. The third kappa shape index (κ3) is 3.01. The lowest BCUT2D eigenvalue weighted by Gasteiger charge is -2.13. The summed E-state index contributed by atoms with van der Waals surface area (Å²) >= 11 is 0. The molecule has 82 valence electrons. The molecular weight excluding hydrogens is 202 g/mol. The van der Waals surface area contributed by atoms with E-state index in [1.807, 2.05) is 0 Å². The van der Waals surface area contributed by atoms with Gasteiger partial charge in [0.2, 0.25) is 5.92 Å². The molecule has 0 N–H and O–H groups in total. The van der Waals surface area contributed by atoms with Crippen molar-refractivity contribution in [3.63, 3.8) is 0 Å². The molecule has 0 aromatic heterocycles. The highest BCUT2D eigenvalue weighted by Crippen LogP contribution is 2.26. The van der Waals surface area contributed by atoms with Crippen molar-refractivity contribution < 1.29 is 18.3 Å². The van der Waals surface area contributed by atoms with Gasteiger partial charge in [-0.3, -0.25) is 4.79 Å². The molecule has 0 bridgehead atoms. The Morgan fingerprint density at radius 1 is 1.47 bits per heavy atom. The van der Waals surface area contributed by atoms with E-state index in [9.17, 15) is 13.6 Å². The summed E-state index contributed by atoms with van der Waals surface area (Å²) in [5, 5.41) is 0. The molecule has 0 amide bonds. The number of carbonyl (C=O) groups is 1. The summed E-state index contributed by atoms with van der Waals surface area (Å²) in [5.74, 6) is -2.50. The number of hydrogen-bond acceptors (Lipinski definition) is 2. The second kappa shape index (κ2) is 4.38. The van der Waals surface area contributed by atoms with Gasteiger partial charge in [-0.1, -0.05) is 12.1 Å². The zero-order valence-corrected chi connectivity index (χ0v) is 8.59. The molecule has 15 heavy (non-hydrogen) atoms. The van der Waals surface area contributed by atoms with Gasteiger partial charge in [-0.05, 0) is 18.6 Å². The maximum atomic E-state index is 12.8. The predicted molar refractivity (Wildman–Crippen MR) is 52.7 cm³/mol. The monoisotopic (exact) mass is 214 g/mol. The molecule has 0 aliphatic heterocycles. The molecule has 0 unspecified atom stereocenters. The van der Waals surface area contributed by atoms with Crippen molar-refractivity contribution in [2.24, 2.45) is 0 Å². The lowest BCUT2D eigenvalue weighted by atomic mass is 10.0. The highest BCUT2D eigenvalue weighted by Gasteiger charge is 2.24. The van der Waals surface area contributed by atoms with E-state index >= 15 is 0 Å². The predicted octanol–water partition coefficient (Wildman–Crippen LogP) is 2.71. The van der Waals surface area contributed by atoms with Crippen LogP contribution in [0.2, 0.25) is 0 Å². The van der Waals surface area contributed by atoms with Crippen LogP contribution in [0.3, 0.4) is 0 Å². The average molecular weight is 214 g/mol. The molecule has 1 aromatic rings. The van der Waals surface area contributed by atoms with Gasteiger partial charge in [0.25, 0.3) is 0 Å². The highest BCUT2D eigenvalue weighted by molar-refractivity contribution is 5.81. The van der Waals surface area contributed by atoms with Crippen LogP contribution < -0.4 is 4.74 Å². The number of aldehydes is 1. The SMILES string of the molecule is COc1cccc(CC(C)(F)F)c1C=O. The summed E-state index contributed by atoms with van der Waals surface area (Å²) in [6, 6.07) is 4.66. The van der Waals surface area contributed by atoms with Crippen LogP contribution in [0.4, 0.5) is 8.78 Å². The summed E-state index contributed by atoms with van der Waals surface area (Å²) in [4.78, 5) is 10.8. The van der Waals surface area contributed by atoms with Crippen molar-refractivity contribution in [2.75, 3.05) is 7.11 Å². The lowest BCUT2D eigenvalue weighted by Crippen LogP contribution is -2.15. The minimum atomic E-state index is -2.83. The van der Waals surface area contributed by atoms with Gasteiger partial charge in [-0.15, -0.1) is 0 Å². The van der Waals surface area contributed by atoms with Gasteiger partial charge in [0.1, 0.15) is 5.75 Å². The number of alkyl halides is 2. The Morgan fingerprint density at radius 3 is 2.60 bits per heavy atom. The molecule has 0 spiro atoms. The van der Waals surface area contributed by atoms with Crippen LogP contribution in [0.15, 0.2) is 18.2 Å². The fourth-order valence-corrected chi connectivity index (χ4v) is 1.39. The number of carbonyl (C=O) groups excluding carboxylic acids is 1. The van der Waals surface area contributed by atoms with Crippen LogP contribution in [-0.2, 0) is 6.42 Å². The molecule has 2 nitrogen and oxygen atoms in total. The van der Waals surface area contributed by atoms with Crippen molar-refractivity contribution in [3.8, 4) is 5.75 Å². The van der Waals surface area contributed by atoms with E-state index < -0.39 is 12.3 Å². The van der Waals surface area contributed by atoms with Crippen molar-refractivity contribution in [2.45, 2.75) is 19.3 Å². The zero-order chi connectivity index (χ0) is 11.5. The van der Waals surface area contributed by atoms with Gasteiger partial charge in [0.05, 0.1) is 12.7 Å². The van der Waals surface area contributed by atoms with E-state index in [2.05, 4.69) is 0 Å². The molecular formula is C11H12F2O2. The molecule has 0 saturated heterocycles. The van der Waals surface area contributed by atoms with E-state index in [0.717, 1.165) is 6.92 Å². The summed E-state index contributed by atoms with van der Waals surface area (Å²) in [7, 11) is 1.40. The summed E-state index contributed by atoms with van der Waals surface area (Å²) in [6.45, 7) is 0.820. The minimum absolute atomic E-state index is 0.196. The summed E-state index contributed by atoms with van der Waals surface area (Å²) in [5.41, 5.74) is 0.498. The second-order valence-corrected chi connectivity index (χ2v) is 3.40. The first kappa shape index (κ1) is 11.6. The smallest absolute Gasteiger partial charge is 0.249 e. The van der Waals surface area contributed by atoms with E-state index in [1.165, 1.54) is 13.2 Å². The van der Waals surface area contributed by atoms with Gasteiger partial charge in [0, 0.05) is 6.42 Å². The third-order valence-electron chi connectivity index (χ3n) is 2.00. The fourth-order valence-electron chi connectivity index (χ4n) is 1.39. The molecule has 0 saturated carbocycles. The lowest BCUT2D eigenvalue weighted by molar-refractivity contribution is 0.0225. The zero-order valence-electron chi connectivity index (χ0n) is 8.59. The molecule has 0 heterocycles. The van der Waals surface area contributed by atoms with Crippen molar-refractivity contribution in [1.82, 2.24) is 0 Å². The molecule has 0 fully saturated rings. The summed E-state index contributed by atoms with van der Waals surface area (Å²) < 4.78 is 30.5. The maximum absolute atomic E-state index is 12.8. The molecule has 0 aliphatic carbocycles. The third-order valence-corrected chi connectivity index (χ3v) is 2.00. The largest absolute Gasteiger partial charge is 0.496 e. The van der Waals surface area contributed by atoms with Crippen LogP contribution in [0.1, 0.15) is 22.8 Å². The van der Waals surface area contributed by atoms with Gasteiger partial charge >= 0.3 is 0 Å². The Labute approximate surface area is 86.9 Å². The van der Waals surface area contributed by atoms with Crippen LogP contribution in [0, 0.1) is 0 Å². The molecule has 1 rings (SSSR count). The van der Waals surface area contributed by atoms with Crippen LogP contribution in [-0.4, -0.2) is 19.3 Å². The standard InChI is InChI=1S/C11H12F2O2/c1-11(12,13)6-8-4-3-5-10(15-2)9(8)7-14/h3-5,7H,6H2,1-2H3. The molecule has 0 atom stereocenters. The number of ether oxygens (including phenoxy) is 1. The summed E-state index contributed by atoms with van der Waals surface area (Å²) in [6.07, 6.45) is 0.0815. The van der Waals surface area contributed by atoms with E-state index in [0.29, 0.717) is 17.6 Å². The first-order valence-electron chi connectivity index (χ1n) is 4.47. The van der Waals surface area contributed by atoms with Gasteiger partial charge in [-0.25, -0.2) is 8.78 Å². The van der Waals surface area contributed by atoms with Crippen molar-refractivity contribution in [3.05, 3.63) is 29.3 Å². The molecule has 1 aromatic carbocycles. The first-order valence-corrected chi connectivity index (χ1v) is 4.47. The number of hydrogen-bond donors (Lipinski definition) is 0. The average Bonchev–Trinajstić information content (AvgIpc) is 2.15. The minimum Gasteiger partial charge on any atom is -0.496 e. The number of methoxy groups -OCH3 is 1. The molecule has 0 aliphatic rings. The quantitative estimate of drug-likeness (QED) is 0.720. The first-order chi connectivity index (χ1) is 6.98. The van der Waals surface area contributed by atoms with E-state index in [1.54, 1.807) is 12.1 Å². The highest BCUT2D eigenvalue weighted by atomic mass is 19.3. The molecule has 4 heteroatoms. The van der Waals surface area contributed by atoms with Crippen LogP contribution in [0.5, 0.6) is 5.75 Å². The van der Waals surface area contributed by atoms with Gasteiger partial charge < -0.3 is 4.74 Å². The normalized spacial score (nSPS) is 11.2. The number of halogens is 2. The Morgan fingerprint density at radius 2 is 2.13 bits per heavy atom. The Balaban J connectivity index is 3.12.